The third-order valence-electron chi connectivity index (χ3n) is 11.4. The molecule has 0 radical (unpaired) electrons. The zero-order valence-electron chi connectivity index (χ0n) is 29.8. The Hall–Kier alpha value is -7.30. The van der Waals surface area contributed by atoms with E-state index in [0.717, 1.165) is 44.8 Å². The van der Waals surface area contributed by atoms with Gasteiger partial charge in [0.15, 0.2) is 0 Å². The maximum atomic E-state index is 5.03. The second kappa shape index (κ2) is 12.4. The van der Waals surface area contributed by atoms with E-state index in [9.17, 15) is 0 Å². The number of hydrogen-bond donors (Lipinski definition) is 0. The van der Waals surface area contributed by atoms with Crippen LogP contribution in [0, 0.1) is 0 Å². The average molecular weight is 701 g/mol. The molecule has 0 N–H and O–H groups in total. The Morgan fingerprint density at radius 1 is 0.291 bits per heavy atom. The molecule has 1 spiro atoms. The summed E-state index contributed by atoms with van der Waals surface area (Å²) in [5.74, 6) is 0. The first-order chi connectivity index (χ1) is 27.3. The number of rotatable bonds is 4. The normalized spacial score (nSPS) is 12.9. The molecule has 4 heteroatoms. The highest BCUT2D eigenvalue weighted by Crippen LogP contribution is 2.62. The minimum atomic E-state index is -0.631. The topological polar surface area (TPSA) is 51.6 Å². The molecule has 4 nitrogen and oxygen atoms in total. The van der Waals surface area contributed by atoms with Crippen LogP contribution in [0.25, 0.3) is 78.1 Å². The van der Waals surface area contributed by atoms with E-state index in [1.54, 1.807) is 12.4 Å². The molecular formula is C51H32N4. The van der Waals surface area contributed by atoms with Gasteiger partial charge in [-0.3, -0.25) is 19.9 Å². The molecule has 0 amide bonds. The van der Waals surface area contributed by atoms with Crippen LogP contribution in [-0.2, 0) is 5.41 Å². The van der Waals surface area contributed by atoms with Gasteiger partial charge in [0.1, 0.15) is 0 Å². The van der Waals surface area contributed by atoms with E-state index in [2.05, 4.69) is 156 Å². The largest absolute Gasteiger partial charge is 0.264 e. The number of nitrogens with zero attached hydrogens (tertiary/aromatic N) is 4. The SMILES string of the molecule is c1cncc(-c2ccc(-c3ccc4c(c3)C3(c5cc(-c6ccc(-c7cccnc7)cn6)ccc5-c5ccccc5-4)c4ccccc4-c4ccccc43)nc2)c1. The molecule has 0 saturated heterocycles. The van der Waals surface area contributed by atoms with E-state index >= 15 is 0 Å². The molecule has 256 valence electrons. The van der Waals surface area contributed by atoms with Gasteiger partial charge in [-0.2, -0.15) is 0 Å². The summed E-state index contributed by atoms with van der Waals surface area (Å²) in [6, 6.07) is 57.3. The molecule has 0 fully saturated rings. The van der Waals surface area contributed by atoms with Crippen LogP contribution >= 0.6 is 0 Å². The lowest BCUT2D eigenvalue weighted by atomic mass is 9.65. The van der Waals surface area contributed by atoms with Gasteiger partial charge < -0.3 is 0 Å². The van der Waals surface area contributed by atoms with Crippen LogP contribution in [-0.4, -0.2) is 19.9 Å². The number of benzene rings is 5. The second-order valence-electron chi connectivity index (χ2n) is 14.3. The van der Waals surface area contributed by atoms with Crippen molar-refractivity contribution in [3.63, 3.8) is 0 Å². The van der Waals surface area contributed by atoms with E-state index in [1.165, 1.54) is 55.6 Å². The fourth-order valence-corrected chi connectivity index (χ4v) is 8.95. The summed E-state index contributed by atoms with van der Waals surface area (Å²) in [6.45, 7) is 0. The molecule has 5 aromatic carbocycles. The molecule has 9 aromatic rings. The molecule has 0 bridgehead atoms. The molecule has 0 atom stereocenters. The van der Waals surface area contributed by atoms with Crippen molar-refractivity contribution in [2.24, 2.45) is 0 Å². The van der Waals surface area contributed by atoms with Crippen molar-refractivity contribution in [2.45, 2.75) is 5.41 Å². The Balaban J connectivity index is 1.19. The van der Waals surface area contributed by atoms with Gasteiger partial charge in [0.25, 0.3) is 0 Å². The Morgan fingerprint density at radius 2 is 0.691 bits per heavy atom. The van der Waals surface area contributed by atoms with E-state index < -0.39 is 5.41 Å². The summed E-state index contributed by atoms with van der Waals surface area (Å²) in [5, 5.41) is 0. The molecule has 0 saturated carbocycles. The molecule has 4 aromatic heterocycles. The summed E-state index contributed by atoms with van der Waals surface area (Å²) in [4.78, 5) is 18.7. The van der Waals surface area contributed by atoms with E-state index in [1.807, 2.05) is 36.9 Å². The fourth-order valence-electron chi connectivity index (χ4n) is 8.95. The summed E-state index contributed by atoms with van der Waals surface area (Å²) < 4.78 is 0. The monoisotopic (exact) mass is 700 g/mol. The lowest BCUT2D eigenvalue weighted by molar-refractivity contribution is 0.776. The van der Waals surface area contributed by atoms with Gasteiger partial charge in [-0.1, -0.05) is 121 Å². The predicted octanol–water partition coefficient (Wildman–Crippen LogP) is 11.9. The van der Waals surface area contributed by atoms with Crippen molar-refractivity contribution >= 4 is 0 Å². The van der Waals surface area contributed by atoms with Crippen LogP contribution in [0.2, 0.25) is 0 Å². The summed E-state index contributed by atoms with van der Waals surface area (Å²) in [7, 11) is 0. The molecular weight excluding hydrogens is 669 g/mol. The van der Waals surface area contributed by atoms with Gasteiger partial charge in [-0.05, 0) is 92.0 Å². The summed E-state index contributed by atoms with van der Waals surface area (Å²) >= 11 is 0. The summed E-state index contributed by atoms with van der Waals surface area (Å²) in [5.41, 5.74) is 20.0. The second-order valence-corrected chi connectivity index (χ2v) is 14.3. The Bertz CT molecular complexity index is 2700. The first-order valence-electron chi connectivity index (χ1n) is 18.6. The van der Waals surface area contributed by atoms with Crippen molar-refractivity contribution in [1.82, 2.24) is 19.9 Å². The Labute approximate surface area is 319 Å². The van der Waals surface area contributed by atoms with Crippen LogP contribution < -0.4 is 0 Å². The van der Waals surface area contributed by atoms with Crippen LogP contribution in [0.1, 0.15) is 22.3 Å². The fraction of sp³-hybridized carbons (Fsp3) is 0.0196. The maximum Gasteiger partial charge on any atom is 0.0725 e. The Morgan fingerprint density at radius 3 is 1.11 bits per heavy atom. The van der Waals surface area contributed by atoms with Crippen molar-refractivity contribution < 1.29 is 0 Å². The zero-order valence-corrected chi connectivity index (χ0v) is 29.8. The standard InChI is InChI=1S/C51H32N4/c1-2-12-40-39(11-1)43-21-17-33(49-23-19-37(31-54-49)35-9-7-25-52-29-35)27-47(43)51(45-15-5-3-13-41(45)42-14-4-6-16-46(42)51)48-28-34(18-22-44(40)48)50-24-20-38(32-55-50)36-10-8-26-53-30-36/h1-32H. The first kappa shape index (κ1) is 31.2. The van der Waals surface area contributed by atoms with Crippen molar-refractivity contribution in [3.8, 4) is 78.1 Å². The Kier molecular flexibility index (Phi) is 7.04. The van der Waals surface area contributed by atoms with Crippen molar-refractivity contribution in [3.05, 3.63) is 217 Å². The van der Waals surface area contributed by atoms with Gasteiger partial charge in [0.05, 0.1) is 16.8 Å². The van der Waals surface area contributed by atoms with Crippen molar-refractivity contribution in [2.75, 3.05) is 0 Å². The van der Waals surface area contributed by atoms with Crippen LogP contribution in [0.3, 0.4) is 0 Å². The molecule has 0 aliphatic heterocycles. The van der Waals surface area contributed by atoms with E-state index in [4.69, 9.17) is 9.97 Å². The third-order valence-corrected chi connectivity index (χ3v) is 11.4. The van der Waals surface area contributed by atoms with Crippen LogP contribution in [0.5, 0.6) is 0 Å². The van der Waals surface area contributed by atoms with Crippen LogP contribution in [0.15, 0.2) is 195 Å². The van der Waals surface area contributed by atoms with Gasteiger partial charge >= 0.3 is 0 Å². The molecule has 0 unspecified atom stereocenters. The first-order valence-corrected chi connectivity index (χ1v) is 18.6. The van der Waals surface area contributed by atoms with Gasteiger partial charge in [-0.15, -0.1) is 0 Å². The highest BCUT2D eigenvalue weighted by Gasteiger charge is 2.49. The molecule has 4 heterocycles. The average Bonchev–Trinajstić information content (AvgIpc) is 3.52. The van der Waals surface area contributed by atoms with Gasteiger partial charge in [0.2, 0.25) is 0 Å². The molecule has 11 rings (SSSR count). The van der Waals surface area contributed by atoms with E-state index in [0.29, 0.717) is 0 Å². The summed E-state index contributed by atoms with van der Waals surface area (Å²) in [6.07, 6.45) is 11.3. The smallest absolute Gasteiger partial charge is 0.0725 e. The number of hydrogen-bond acceptors (Lipinski definition) is 4. The van der Waals surface area contributed by atoms with Crippen molar-refractivity contribution in [1.29, 1.82) is 0 Å². The molecule has 2 aliphatic carbocycles. The minimum Gasteiger partial charge on any atom is -0.264 e. The maximum absolute atomic E-state index is 5.03. The third kappa shape index (κ3) is 4.78. The van der Waals surface area contributed by atoms with Gasteiger partial charge in [-0.25, -0.2) is 0 Å². The highest BCUT2D eigenvalue weighted by atomic mass is 14.7. The van der Waals surface area contributed by atoms with E-state index in [-0.39, 0.29) is 0 Å². The highest BCUT2D eigenvalue weighted by molar-refractivity contribution is 5.98. The molecule has 55 heavy (non-hydrogen) atoms. The molecule has 2 aliphatic rings. The van der Waals surface area contributed by atoms with Crippen LogP contribution in [0.4, 0.5) is 0 Å². The number of fused-ring (bicyclic) bond motifs is 12. The lowest BCUT2D eigenvalue weighted by Crippen LogP contribution is -2.29. The van der Waals surface area contributed by atoms with Gasteiger partial charge in [0, 0.05) is 70.6 Å². The number of aromatic nitrogens is 4. The predicted molar refractivity (Wildman–Crippen MR) is 221 cm³/mol. The quantitative estimate of drug-likeness (QED) is 0.183. The minimum absolute atomic E-state index is 0.631. The number of pyridine rings is 4. The zero-order chi connectivity index (χ0) is 36.3. The lowest BCUT2D eigenvalue weighted by Gasteiger charge is -2.36.